The third-order valence-electron chi connectivity index (χ3n) is 2.73. The molecule has 7 heteroatoms. The van der Waals surface area contributed by atoms with Crippen molar-refractivity contribution in [3.8, 4) is 0 Å². The van der Waals surface area contributed by atoms with Crippen LogP contribution in [-0.2, 0) is 10.0 Å². The Balaban J connectivity index is 3.31. The van der Waals surface area contributed by atoms with E-state index in [1.165, 1.54) is 16.4 Å². The molecule has 0 bridgehead atoms. The van der Waals surface area contributed by atoms with E-state index in [0.717, 1.165) is 0 Å². The van der Waals surface area contributed by atoms with Gasteiger partial charge in [-0.3, -0.25) is 0 Å². The number of hydrogen-bond donors (Lipinski definition) is 0. The van der Waals surface area contributed by atoms with Gasteiger partial charge in [0.1, 0.15) is 4.90 Å². The third kappa shape index (κ3) is 5.00. The number of rotatable bonds is 6. The minimum atomic E-state index is -3.70. The first-order valence-electron chi connectivity index (χ1n) is 6.70. The van der Waals surface area contributed by atoms with Crippen molar-refractivity contribution in [2.45, 2.75) is 32.6 Å². The van der Waals surface area contributed by atoms with E-state index in [1.807, 2.05) is 27.7 Å². The summed E-state index contributed by atoms with van der Waals surface area (Å²) in [4.78, 5) is -0.000123. The van der Waals surface area contributed by atoms with Gasteiger partial charge in [0, 0.05) is 13.1 Å². The number of benzene rings is 1. The van der Waals surface area contributed by atoms with Gasteiger partial charge in [0.15, 0.2) is 0 Å². The highest BCUT2D eigenvalue weighted by molar-refractivity contribution is 7.89. The lowest BCUT2D eigenvalue weighted by Crippen LogP contribution is -2.37. The zero-order valence-corrected chi connectivity index (χ0v) is 15.6. The summed E-state index contributed by atoms with van der Waals surface area (Å²) in [7, 11) is -3.70. The van der Waals surface area contributed by atoms with Gasteiger partial charge >= 0.3 is 0 Å². The number of halogens is 3. The summed E-state index contributed by atoms with van der Waals surface area (Å²) in [6, 6.07) is 2.68. The molecule has 0 amide bonds. The molecular weight excluding hydrogens is 353 g/mol. The van der Waals surface area contributed by atoms with Crippen molar-refractivity contribution in [2.75, 3.05) is 13.1 Å². The molecule has 0 aliphatic rings. The maximum absolute atomic E-state index is 12.8. The molecule has 0 aromatic heterocycles. The van der Waals surface area contributed by atoms with E-state index in [2.05, 4.69) is 0 Å². The summed E-state index contributed by atoms with van der Waals surface area (Å²) in [5.74, 6) is 0.417. The van der Waals surface area contributed by atoms with Gasteiger partial charge in [0.05, 0.1) is 15.1 Å². The lowest BCUT2D eigenvalue weighted by molar-refractivity contribution is 0.333. The first kappa shape index (κ1) is 19.0. The van der Waals surface area contributed by atoms with Crippen molar-refractivity contribution < 1.29 is 8.42 Å². The average Bonchev–Trinajstić information content (AvgIpc) is 2.31. The topological polar surface area (TPSA) is 37.4 Å². The molecule has 0 heterocycles. The van der Waals surface area contributed by atoms with Crippen LogP contribution in [-0.4, -0.2) is 25.8 Å². The van der Waals surface area contributed by atoms with E-state index in [-0.39, 0.29) is 31.8 Å². The fourth-order valence-corrected chi connectivity index (χ4v) is 4.67. The standard InChI is InChI=1S/C14H20Cl3NO2S/c1-9(2)7-18(8-10(3)4)21(19,20)14-6-12(16)11(15)5-13(14)17/h5-6,9-10H,7-8H2,1-4H3. The second-order valence-corrected chi connectivity index (χ2v) is 8.93. The molecule has 0 spiro atoms. The van der Waals surface area contributed by atoms with Crippen LogP contribution < -0.4 is 0 Å². The quantitative estimate of drug-likeness (QED) is 0.662. The second kappa shape index (κ2) is 7.51. The highest BCUT2D eigenvalue weighted by Gasteiger charge is 2.28. The van der Waals surface area contributed by atoms with Crippen LogP contribution in [0.5, 0.6) is 0 Å². The van der Waals surface area contributed by atoms with Crippen LogP contribution in [0.25, 0.3) is 0 Å². The zero-order valence-electron chi connectivity index (χ0n) is 12.5. The van der Waals surface area contributed by atoms with Crippen LogP contribution in [0, 0.1) is 11.8 Å². The van der Waals surface area contributed by atoms with Crippen molar-refractivity contribution in [2.24, 2.45) is 11.8 Å². The average molecular weight is 373 g/mol. The molecule has 0 saturated heterocycles. The first-order chi connectivity index (χ1) is 9.55. The zero-order chi connectivity index (χ0) is 16.4. The SMILES string of the molecule is CC(C)CN(CC(C)C)S(=O)(=O)c1cc(Cl)c(Cl)cc1Cl. The third-order valence-corrected chi connectivity index (χ3v) is 5.75. The van der Waals surface area contributed by atoms with Gasteiger partial charge < -0.3 is 0 Å². The Morgan fingerprint density at radius 3 is 1.76 bits per heavy atom. The fourth-order valence-electron chi connectivity index (χ4n) is 1.93. The number of nitrogens with zero attached hydrogens (tertiary/aromatic N) is 1. The largest absolute Gasteiger partial charge is 0.244 e. The van der Waals surface area contributed by atoms with E-state index in [0.29, 0.717) is 13.1 Å². The Morgan fingerprint density at radius 2 is 1.33 bits per heavy atom. The van der Waals surface area contributed by atoms with Gasteiger partial charge in [-0.05, 0) is 24.0 Å². The van der Waals surface area contributed by atoms with Crippen LogP contribution in [0.3, 0.4) is 0 Å². The van der Waals surface area contributed by atoms with Gasteiger partial charge in [-0.2, -0.15) is 4.31 Å². The van der Waals surface area contributed by atoms with Crippen LogP contribution in [0.15, 0.2) is 17.0 Å². The molecular formula is C14H20Cl3NO2S. The molecule has 0 radical (unpaired) electrons. The smallest absolute Gasteiger partial charge is 0.207 e. The molecule has 0 fully saturated rings. The van der Waals surface area contributed by atoms with E-state index in [1.54, 1.807) is 0 Å². The molecule has 1 rings (SSSR count). The molecule has 0 unspecified atom stereocenters. The Bertz CT molecular complexity index is 590. The van der Waals surface area contributed by atoms with Gasteiger partial charge in [0.25, 0.3) is 0 Å². The van der Waals surface area contributed by atoms with Crippen molar-refractivity contribution in [3.63, 3.8) is 0 Å². The van der Waals surface area contributed by atoms with Crippen LogP contribution >= 0.6 is 34.8 Å². The molecule has 120 valence electrons. The summed E-state index contributed by atoms with van der Waals surface area (Å²) >= 11 is 17.8. The lowest BCUT2D eigenvalue weighted by Gasteiger charge is -2.26. The number of sulfonamides is 1. The van der Waals surface area contributed by atoms with Crippen molar-refractivity contribution in [1.82, 2.24) is 4.31 Å². The summed E-state index contributed by atoms with van der Waals surface area (Å²) < 4.78 is 27.1. The monoisotopic (exact) mass is 371 g/mol. The van der Waals surface area contributed by atoms with Crippen molar-refractivity contribution in [1.29, 1.82) is 0 Å². The normalized spacial score (nSPS) is 12.7. The molecule has 1 aromatic rings. The Morgan fingerprint density at radius 1 is 0.905 bits per heavy atom. The minimum absolute atomic E-state index is 0.000123. The van der Waals surface area contributed by atoms with E-state index in [4.69, 9.17) is 34.8 Å². The predicted octanol–water partition coefficient (Wildman–Crippen LogP) is 4.95. The Hall–Kier alpha value is -0.000000000000000111. The van der Waals surface area contributed by atoms with E-state index >= 15 is 0 Å². The fraction of sp³-hybridized carbons (Fsp3) is 0.571. The van der Waals surface area contributed by atoms with Crippen molar-refractivity contribution in [3.05, 3.63) is 27.2 Å². The van der Waals surface area contributed by atoms with Crippen LogP contribution in [0.4, 0.5) is 0 Å². The maximum Gasteiger partial charge on any atom is 0.244 e. The van der Waals surface area contributed by atoms with Crippen LogP contribution in [0.2, 0.25) is 15.1 Å². The molecule has 1 aromatic carbocycles. The Labute approximate surface area is 142 Å². The molecule has 0 saturated carbocycles. The summed E-state index contributed by atoms with van der Waals surface area (Å²) in [6.45, 7) is 8.74. The predicted molar refractivity (Wildman–Crippen MR) is 89.9 cm³/mol. The van der Waals surface area contributed by atoms with E-state index < -0.39 is 10.0 Å². The van der Waals surface area contributed by atoms with Crippen LogP contribution in [0.1, 0.15) is 27.7 Å². The molecule has 0 aliphatic heterocycles. The first-order valence-corrected chi connectivity index (χ1v) is 9.27. The molecule has 0 N–H and O–H groups in total. The molecule has 21 heavy (non-hydrogen) atoms. The molecule has 3 nitrogen and oxygen atoms in total. The maximum atomic E-state index is 12.8. The van der Waals surface area contributed by atoms with Crippen molar-refractivity contribution >= 4 is 44.8 Å². The summed E-state index contributed by atoms with van der Waals surface area (Å²) in [6.07, 6.45) is 0. The second-order valence-electron chi connectivity index (χ2n) is 5.81. The van der Waals surface area contributed by atoms with Gasteiger partial charge in [-0.25, -0.2) is 8.42 Å². The Kier molecular flexibility index (Phi) is 6.81. The van der Waals surface area contributed by atoms with Gasteiger partial charge in [-0.15, -0.1) is 0 Å². The highest BCUT2D eigenvalue weighted by Crippen LogP contribution is 2.33. The molecule has 0 aliphatic carbocycles. The summed E-state index contributed by atoms with van der Waals surface area (Å²) in [5.41, 5.74) is 0. The summed E-state index contributed by atoms with van der Waals surface area (Å²) in [5, 5.41) is 0.496. The van der Waals surface area contributed by atoms with Gasteiger partial charge in [-0.1, -0.05) is 62.5 Å². The molecule has 0 atom stereocenters. The minimum Gasteiger partial charge on any atom is -0.207 e. The van der Waals surface area contributed by atoms with Gasteiger partial charge in [0.2, 0.25) is 10.0 Å². The lowest BCUT2D eigenvalue weighted by atomic mass is 10.2. The number of hydrogen-bond acceptors (Lipinski definition) is 2. The van der Waals surface area contributed by atoms with E-state index in [9.17, 15) is 8.42 Å². The highest BCUT2D eigenvalue weighted by atomic mass is 35.5.